The van der Waals surface area contributed by atoms with E-state index in [2.05, 4.69) is 15.9 Å². The average Bonchev–Trinajstić information content (AvgIpc) is 2.35. The molecule has 0 aliphatic heterocycles. The highest BCUT2D eigenvalue weighted by Gasteiger charge is 2.14. The molecule has 2 aromatic carbocycles. The van der Waals surface area contributed by atoms with E-state index in [1.807, 2.05) is 0 Å². The fourth-order valence-corrected chi connectivity index (χ4v) is 2.65. The van der Waals surface area contributed by atoms with Crippen molar-refractivity contribution in [3.05, 3.63) is 55.4 Å². The number of rotatable bonds is 3. The van der Waals surface area contributed by atoms with E-state index in [0.717, 1.165) is 0 Å². The zero-order chi connectivity index (χ0) is 14.9. The molecule has 0 heterocycles. The molecule has 0 unspecified atom stereocenters. The molecule has 0 spiro atoms. The molecular formula is C13H8BrCl3N2O. The smallest absolute Gasteiger partial charge is 0.147 e. The highest BCUT2D eigenvalue weighted by molar-refractivity contribution is 9.10. The van der Waals surface area contributed by atoms with Crippen LogP contribution in [0, 0.1) is 5.41 Å². The van der Waals surface area contributed by atoms with Crippen LogP contribution in [0.25, 0.3) is 0 Å². The molecule has 2 aromatic rings. The molecule has 20 heavy (non-hydrogen) atoms. The van der Waals surface area contributed by atoms with Gasteiger partial charge in [0.15, 0.2) is 0 Å². The summed E-state index contributed by atoms with van der Waals surface area (Å²) < 4.78 is 6.34. The summed E-state index contributed by atoms with van der Waals surface area (Å²) in [5.74, 6) is 0.500. The van der Waals surface area contributed by atoms with Crippen LogP contribution < -0.4 is 10.5 Å². The zero-order valence-corrected chi connectivity index (χ0v) is 13.7. The van der Waals surface area contributed by atoms with Crippen molar-refractivity contribution in [1.82, 2.24) is 0 Å². The molecule has 104 valence electrons. The van der Waals surface area contributed by atoms with E-state index in [1.165, 1.54) is 0 Å². The Morgan fingerprint density at radius 2 is 1.75 bits per heavy atom. The first kappa shape index (κ1) is 15.4. The van der Waals surface area contributed by atoms with Gasteiger partial charge in [-0.3, -0.25) is 5.41 Å². The van der Waals surface area contributed by atoms with Crippen molar-refractivity contribution < 1.29 is 4.74 Å². The van der Waals surface area contributed by atoms with Gasteiger partial charge < -0.3 is 10.5 Å². The molecule has 2 rings (SSSR count). The molecule has 0 radical (unpaired) electrons. The van der Waals surface area contributed by atoms with E-state index in [0.29, 0.717) is 36.6 Å². The maximum Gasteiger partial charge on any atom is 0.147 e. The maximum absolute atomic E-state index is 7.56. The number of nitrogens with two attached hydrogens (primary N) is 1. The Balaban J connectivity index is 2.48. The van der Waals surface area contributed by atoms with Gasteiger partial charge in [-0.05, 0) is 34.1 Å². The lowest BCUT2D eigenvalue weighted by molar-refractivity contribution is 0.482. The molecule has 3 nitrogen and oxygen atoms in total. The predicted molar refractivity (Wildman–Crippen MR) is 86.7 cm³/mol. The van der Waals surface area contributed by atoms with Gasteiger partial charge >= 0.3 is 0 Å². The number of halogens is 4. The Kier molecular flexibility index (Phi) is 4.81. The van der Waals surface area contributed by atoms with E-state index >= 15 is 0 Å². The summed E-state index contributed by atoms with van der Waals surface area (Å²) in [4.78, 5) is 0. The number of nitrogen functional groups attached to an aromatic ring is 1. The first-order valence-electron chi connectivity index (χ1n) is 5.35. The van der Waals surface area contributed by atoms with Crippen molar-refractivity contribution in [3.63, 3.8) is 0 Å². The molecule has 0 saturated carbocycles. The lowest BCUT2D eigenvalue weighted by Gasteiger charge is -2.13. The topological polar surface area (TPSA) is 59.1 Å². The van der Waals surface area contributed by atoms with Crippen LogP contribution >= 0.6 is 50.7 Å². The number of amidine groups is 1. The summed E-state index contributed by atoms with van der Waals surface area (Å²) in [7, 11) is 0. The van der Waals surface area contributed by atoms with E-state index in [4.69, 9.17) is 50.7 Å². The Morgan fingerprint density at radius 3 is 2.40 bits per heavy atom. The van der Waals surface area contributed by atoms with Crippen molar-refractivity contribution in [3.8, 4) is 11.5 Å². The molecule has 0 fully saturated rings. The third-order valence-electron chi connectivity index (χ3n) is 2.44. The number of hydrogen-bond acceptors (Lipinski definition) is 2. The minimum Gasteiger partial charge on any atom is -0.455 e. The van der Waals surface area contributed by atoms with E-state index in [-0.39, 0.29) is 5.84 Å². The quantitative estimate of drug-likeness (QED) is 0.411. The van der Waals surface area contributed by atoms with Gasteiger partial charge in [0.1, 0.15) is 17.3 Å². The Morgan fingerprint density at radius 1 is 1.05 bits per heavy atom. The molecule has 0 amide bonds. The van der Waals surface area contributed by atoms with Crippen LogP contribution in [-0.2, 0) is 0 Å². The fourth-order valence-electron chi connectivity index (χ4n) is 1.55. The van der Waals surface area contributed by atoms with Crippen molar-refractivity contribution in [2.45, 2.75) is 0 Å². The lowest BCUT2D eigenvalue weighted by Crippen LogP contribution is -2.13. The van der Waals surface area contributed by atoms with Crippen LogP contribution in [0.2, 0.25) is 15.1 Å². The number of hydrogen-bond donors (Lipinski definition) is 2. The van der Waals surface area contributed by atoms with Gasteiger partial charge in [-0.1, -0.05) is 40.9 Å². The Hall–Kier alpha value is -0.940. The summed E-state index contributed by atoms with van der Waals surface area (Å²) in [6, 6.07) is 8.16. The van der Waals surface area contributed by atoms with Crippen LogP contribution in [-0.4, -0.2) is 5.84 Å². The lowest BCUT2D eigenvalue weighted by atomic mass is 10.2. The van der Waals surface area contributed by atoms with E-state index < -0.39 is 0 Å². The normalized spacial score (nSPS) is 10.4. The number of benzene rings is 2. The first-order valence-corrected chi connectivity index (χ1v) is 7.28. The molecule has 0 saturated heterocycles. The van der Waals surface area contributed by atoms with E-state index in [9.17, 15) is 0 Å². The minimum absolute atomic E-state index is 0.190. The summed E-state index contributed by atoms with van der Waals surface area (Å²) in [6.07, 6.45) is 0. The molecule has 7 heteroatoms. The second kappa shape index (κ2) is 6.22. The Bertz CT molecular complexity index is 692. The third-order valence-corrected chi connectivity index (χ3v) is 4.25. The van der Waals surface area contributed by atoms with Gasteiger partial charge in [-0.2, -0.15) is 0 Å². The van der Waals surface area contributed by atoms with Gasteiger partial charge in [-0.15, -0.1) is 0 Å². The van der Waals surface area contributed by atoms with Crippen molar-refractivity contribution in [2.75, 3.05) is 0 Å². The largest absolute Gasteiger partial charge is 0.455 e. The van der Waals surface area contributed by atoms with Gasteiger partial charge in [0.05, 0.1) is 20.6 Å². The molecule has 0 bridgehead atoms. The zero-order valence-electron chi connectivity index (χ0n) is 9.88. The fraction of sp³-hybridized carbons (Fsp3) is 0. The van der Waals surface area contributed by atoms with Gasteiger partial charge in [0.2, 0.25) is 0 Å². The molecule has 0 aliphatic rings. The summed E-state index contributed by atoms with van der Waals surface area (Å²) in [5, 5.41) is 8.71. The predicted octanol–water partition coefficient (Wildman–Crippen LogP) is 5.49. The first-order chi connectivity index (χ1) is 9.40. The molecule has 0 aromatic heterocycles. The monoisotopic (exact) mass is 392 g/mol. The summed E-state index contributed by atoms with van der Waals surface area (Å²) in [5.41, 5.74) is 5.82. The Labute approximate surface area is 139 Å². The second-order valence-corrected chi connectivity index (χ2v) is 5.90. The molecule has 3 N–H and O–H groups in total. The van der Waals surface area contributed by atoms with Gasteiger partial charge in [-0.25, -0.2) is 0 Å². The number of nitrogens with one attached hydrogen (secondary N) is 1. The van der Waals surface area contributed by atoms with E-state index in [1.54, 1.807) is 30.3 Å². The van der Waals surface area contributed by atoms with Crippen molar-refractivity contribution in [2.24, 2.45) is 5.73 Å². The van der Waals surface area contributed by atoms with Crippen molar-refractivity contribution in [1.29, 1.82) is 5.41 Å². The average molecular weight is 394 g/mol. The standard InChI is InChI=1S/C13H8BrCl3N2O/c14-6-4-9(17)11(5-8(6)16)20-10-3-1-2-7(15)12(10)13(18)19/h1-5H,(H3,18,19). The summed E-state index contributed by atoms with van der Waals surface area (Å²) in [6.45, 7) is 0. The van der Waals surface area contributed by atoms with Crippen LogP contribution in [0.5, 0.6) is 11.5 Å². The van der Waals surface area contributed by atoms with Crippen LogP contribution in [0.15, 0.2) is 34.8 Å². The summed E-state index contributed by atoms with van der Waals surface area (Å²) >= 11 is 21.4. The molecular weight excluding hydrogens is 386 g/mol. The molecule has 0 aliphatic carbocycles. The van der Waals surface area contributed by atoms with Crippen LogP contribution in [0.4, 0.5) is 0 Å². The number of ether oxygens (including phenoxy) is 1. The second-order valence-electron chi connectivity index (χ2n) is 3.83. The van der Waals surface area contributed by atoms with Gasteiger partial charge in [0.25, 0.3) is 0 Å². The van der Waals surface area contributed by atoms with Gasteiger partial charge in [0, 0.05) is 10.5 Å². The maximum atomic E-state index is 7.56. The van der Waals surface area contributed by atoms with Crippen LogP contribution in [0.1, 0.15) is 5.56 Å². The SMILES string of the molecule is N=C(N)c1c(Cl)cccc1Oc1cc(Cl)c(Br)cc1Cl. The minimum atomic E-state index is -0.190. The molecule has 0 atom stereocenters. The van der Waals surface area contributed by atoms with Crippen molar-refractivity contribution >= 4 is 56.6 Å². The third kappa shape index (κ3) is 3.20. The highest BCUT2D eigenvalue weighted by atomic mass is 79.9. The highest BCUT2D eigenvalue weighted by Crippen LogP contribution is 2.38. The van der Waals surface area contributed by atoms with Crippen LogP contribution in [0.3, 0.4) is 0 Å².